The lowest BCUT2D eigenvalue weighted by Gasteiger charge is -2.02. The molecule has 2 aromatic rings. The first-order valence-corrected chi connectivity index (χ1v) is 6.63. The summed E-state index contributed by atoms with van der Waals surface area (Å²) in [7, 11) is 0. The molecule has 0 fully saturated rings. The Labute approximate surface area is 113 Å². The largest absolute Gasteiger partial charge is 0.466 e. The highest BCUT2D eigenvalue weighted by molar-refractivity contribution is 8.00. The molecule has 0 spiro atoms. The number of hydrogen-bond acceptors (Lipinski definition) is 7. The number of nitrogens with zero attached hydrogens (tertiary/aromatic N) is 3. The lowest BCUT2D eigenvalue weighted by Crippen LogP contribution is -2.12. The zero-order valence-electron chi connectivity index (χ0n) is 10.3. The van der Waals surface area contributed by atoms with Crippen LogP contribution in [0.3, 0.4) is 0 Å². The Bertz CT molecular complexity index is 598. The second-order valence-corrected chi connectivity index (χ2v) is 4.55. The third-order valence-electron chi connectivity index (χ3n) is 2.20. The van der Waals surface area contributed by atoms with E-state index >= 15 is 0 Å². The topological polar surface area (TPSA) is 97.8 Å². The summed E-state index contributed by atoms with van der Waals surface area (Å²) >= 11 is 1.24. The molecule has 0 atom stereocenters. The number of carbonyl (C=O) groups is 2. The molecule has 2 heterocycles. The van der Waals surface area contributed by atoms with Gasteiger partial charge in [-0.1, -0.05) is 11.8 Å². The summed E-state index contributed by atoms with van der Waals surface area (Å²) < 4.78 is 4.71. The summed E-state index contributed by atoms with van der Waals surface area (Å²) in [6.45, 7) is 1.98. The van der Waals surface area contributed by atoms with Gasteiger partial charge in [0, 0.05) is 0 Å². The van der Waals surface area contributed by atoms with Gasteiger partial charge < -0.3 is 9.72 Å². The molecule has 0 radical (unpaired) electrons. The number of Topliss-reactive ketones (excluding diaryl/α,β-unsaturated/α-hetero) is 1. The first-order valence-electron chi connectivity index (χ1n) is 5.65. The van der Waals surface area contributed by atoms with Crippen LogP contribution in [-0.2, 0) is 14.3 Å². The average Bonchev–Trinajstić information content (AvgIpc) is 2.85. The van der Waals surface area contributed by atoms with Crippen molar-refractivity contribution in [3.8, 4) is 0 Å². The number of aromatic amines is 1. The molecule has 0 aliphatic carbocycles. The number of aromatic nitrogens is 4. The van der Waals surface area contributed by atoms with Crippen LogP contribution in [0, 0.1) is 0 Å². The molecule has 2 rings (SSSR count). The maximum atomic E-state index is 11.6. The van der Waals surface area contributed by atoms with Gasteiger partial charge in [-0.15, -0.1) is 0 Å². The van der Waals surface area contributed by atoms with Crippen LogP contribution in [0.5, 0.6) is 0 Å². The SMILES string of the molecule is CCOC(=O)CC(=O)CSc1ncnc2nc[nH]c12. The van der Waals surface area contributed by atoms with Crippen molar-refractivity contribution in [1.82, 2.24) is 19.9 Å². The molecule has 1 N–H and O–H groups in total. The molecule has 0 amide bonds. The highest BCUT2D eigenvalue weighted by Crippen LogP contribution is 2.21. The Kier molecular flexibility index (Phi) is 4.45. The fourth-order valence-corrected chi connectivity index (χ4v) is 2.24. The van der Waals surface area contributed by atoms with Crippen molar-refractivity contribution in [2.45, 2.75) is 18.4 Å². The molecule has 7 nitrogen and oxygen atoms in total. The van der Waals surface area contributed by atoms with E-state index in [1.165, 1.54) is 24.4 Å². The smallest absolute Gasteiger partial charge is 0.313 e. The molecule has 2 aromatic heterocycles. The highest BCUT2D eigenvalue weighted by Gasteiger charge is 2.13. The Hall–Kier alpha value is -1.96. The second-order valence-electron chi connectivity index (χ2n) is 3.59. The van der Waals surface area contributed by atoms with E-state index in [1.54, 1.807) is 6.92 Å². The molecule has 8 heteroatoms. The number of imidazole rings is 1. The maximum absolute atomic E-state index is 11.6. The molecular formula is C11H12N4O3S. The van der Waals surface area contributed by atoms with E-state index in [4.69, 9.17) is 4.74 Å². The number of ether oxygens (including phenoxy) is 1. The van der Waals surface area contributed by atoms with Gasteiger partial charge in [-0.2, -0.15) is 0 Å². The standard InChI is InChI=1S/C11H12N4O3S/c1-2-18-8(17)3-7(16)4-19-11-9-10(13-5-12-9)14-6-15-11/h5-6H,2-4H2,1H3,(H,12,13,14,15). The number of rotatable bonds is 6. The van der Waals surface area contributed by atoms with Gasteiger partial charge in [0.1, 0.15) is 23.3 Å². The molecule has 0 unspecified atom stereocenters. The van der Waals surface area contributed by atoms with E-state index in [0.717, 1.165) is 0 Å². The second kappa shape index (κ2) is 6.28. The van der Waals surface area contributed by atoms with Crippen LogP contribution < -0.4 is 0 Å². The number of H-pyrrole nitrogens is 1. The Balaban J connectivity index is 1.93. The van der Waals surface area contributed by atoms with Crippen molar-refractivity contribution in [2.75, 3.05) is 12.4 Å². The van der Waals surface area contributed by atoms with Crippen LogP contribution in [0.2, 0.25) is 0 Å². The van der Waals surface area contributed by atoms with Crippen molar-refractivity contribution in [3.63, 3.8) is 0 Å². The summed E-state index contributed by atoms with van der Waals surface area (Å²) in [5, 5.41) is 0.639. The molecule has 0 aliphatic heterocycles. The zero-order chi connectivity index (χ0) is 13.7. The van der Waals surface area contributed by atoms with Gasteiger partial charge in [-0.25, -0.2) is 15.0 Å². The lowest BCUT2D eigenvalue weighted by molar-refractivity contribution is -0.145. The van der Waals surface area contributed by atoms with Crippen LogP contribution in [0.25, 0.3) is 11.2 Å². The quantitative estimate of drug-likeness (QED) is 0.364. The highest BCUT2D eigenvalue weighted by atomic mass is 32.2. The molecule has 0 aliphatic rings. The predicted octanol–water partition coefficient (Wildman–Crippen LogP) is 0.967. The van der Waals surface area contributed by atoms with E-state index in [-0.39, 0.29) is 24.6 Å². The first-order chi connectivity index (χ1) is 9.20. The van der Waals surface area contributed by atoms with E-state index in [0.29, 0.717) is 16.2 Å². The van der Waals surface area contributed by atoms with Crippen molar-refractivity contribution < 1.29 is 14.3 Å². The molecular weight excluding hydrogens is 268 g/mol. The molecule has 0 saturated heterocycles. The molecule has 19 heavy (non-hydrogen) atoms. The maximum Gasteiger partial charge on any atom is 0.313 e. The lowest BCUT2D eigenvalue weighted by atomic mass is 10.3. The Morgan fingerprint density at radius 1 is 1.37 bits per heavy atom. The van der Waals surface area contributed by atoms with Crippen molar-refractivity contribution >= 4 is 34.7 Å². The van der Waals surface area contributed by atoms with Crippen molar-refractivity contribution in [2.24, 2.45) is 0 Å². The number of thioether (sulfide) groups is 1. The summed E-state index contributed by atoms with van der Waals surface area (Å²) in [5.41, 5.74) is 1.24. The Morgan fingerprint density at radius 2 is 2.21 bits per heavy atom. The number of hydrogen-bond donors (Lipinski definition) is 1. The van der Waals surface area contributed by atoms with Crippen molar-refractivity contribution in [1.29, 1.82) is 0 Å². The van der Waals surface area contributed by atoms with E-state index in [9.17, 15) is 9.59 Å². The average molecular weight is 280 g/mol. The van der Waals surface area contributed by atoms with E-state index < -0.39 is 5.97 Å². The van der Waals surface area contributed by atoms with Gasteiger partial charge in [-0.05, 0) is 6.92 Å². The third-order valence-corrected chi connectivity index (χ3v) is 3.25. The predicted molar refractivity (Wildman–Crippen MR) is 68.7 cm³/mol. The van der Waals surface area contributed by atoms with Gasteiger partial charge in [0.25, 0.3) is 0 Å². The number of fused-ring (bicyclic) bond motifs is 1. The summed E-state index contributed by atoms with van der Waals surface area (Å²) in [6.07, 6.45) is 2.70. The molecule has 100 valence electrons. The van der Waals surface area contributed by atoms with Gasteiger partial charge in [0.05, 0.1) is 18.7 Å². The summed E-state index contributed by atoms with van der Waals surface area (Å²) in [4.78, 5) is 37.7. The van der Waals surface area contributed by atoms with Crippen LogP contribution in [-0.4, -0.2) is 44.0 Å². The minimum atomic E-state index is -0.498. The number of esters is 1. The number of nitrogens with one attached hydrogen (secondary N) is 1. The fraction of sp³-hybridized carbons (Fsp3) is 0.364. The van der Waals surface area contributed by atoms with Gasteiger partial charge in [-0.3, -0.25) is 9.59 Å². The minimum absolute atomic E-state index is 0.157. The molecule has 0 saturated carbocycles. The monoisotopic (exact) mass is 280 g/mol. The van der Waals surface area contributed by atoms with Crippen LogP contribution >= 0.6 is 11.8 Å². The Morgan fingerprint density at radius 3 is 3.00 bits per heavy atom. The molecule has 0 aromatic carbocycles. The molecule has 0 bridgehead atoms. The van der Waals surface area contributed by atoms with Crippen molar-refractivity contribution in [3.05, 3.63) is 12.7 Å². The first kappa shape index (κ1) is 13.5. The van der Waals surface area contributed by atoms with Crippen LogP contribution in [0.15, 0.2) is 17.7 Å². The van der Waals surface area contributed by atoms with Gasteiger partial charge in [0.15, 0.2) is 11.4 Å². The van der Waals surface area contributed by atoms with Crippen LogP contribution in [0.4, 0.5) is 0 Å². The van der Waals surface area contributed by atoms with Crippen LogP contribution in [0.1, 0.15) is 13.3 Å². The number of carbonyl (C=O) groups excluding carboxylic acids is 2. The number of ketones is 1. The van der Waals surface area contributed by atoms with E-state index in [2.05, 4.69) is 19.9 Å². The third kappa shape index (κ3) is 3.50. The van der Waals surface area contributed by atoms with E-state index in [1.807, 2.05) is 0 Å². The minimum Gasteiger partial charge on any atom is -0.466 e. The summed E-state index contributed by atoms with van der Waals surface area (Å²) in [5.74, 6) is -0.540. The fourth-order valence-electron chi connectivity index (χ4n) is 1.43. The zero-order valence-corrected chi connectivity index (χ0v) is 11.1. The van der Waals surface area contributed by atoms with Gasteiger partial charge in [0.2, 0.25) is 0 Å². The summed E-state index contributed by atoms with van der Waals surface area (Å²) in [6, 6.07) is 0. The van der Waals surface area contributed by atoms with Gasteiger partial charge >= 0.3 is 5.97 Å². The normalized spacial score (nSPS) is 10.6.